The molecule has 9 heteroatoms. The molecule has 2 rings (SSSR count). The molecular formula is C21H29N3O6. The van der Waals surface area contributed by atoms with E-state index >= 15 is 0 Å². The van der Waals surface area contributed by atoms with Crippen molar-refractivity contribution in [2.75, 3.05) is 38.1 Å². The Morgan fingerprint density at radius 2 is 1.60 bits per heavy atom. The Morgan fingerprint density at radius 3 is 2.17 bits per heavy atom. The first-order valence-electron chi connectivity index (χ1n) is 10.1. The fourth-order valence-corrected chi connectivity index (χ4v) is 2.99. The molecule has 1 fully saturated rings. The van der Waals surface area contributed by atoms with Crippen LogP contribution in [-0.4, -0.2) is 72.4 Å². The van der Waals surface area contributed by atoms with E-state index < -0.39 is 18.0 Å². The van der Waals surface area contributed by atoms with Crippen LogP contribution in [0, 0.1) is 0 Å². The third kappa shape index (κ3) is 7.06. The van der Waals surface area contributed by atoms with Gasteiger partial charge in [0.25, 0.3) is 5.91 Å². The molecule has 1 aliphatic rings. The van der Waals surface area contributed by atoms with Crippen molar-refractivity contribution in [2.24, 2.45) is 0 Å². The fourth-order valence-electron chi connectivity index (χ4n) is 2.99. The van der Waals surface area contributed by atoms with Gasteiger partial charge in [-0.1, -0.05) is 0 Å². The van der Waals surface area contributed by atoms with E-state index in [-0.39, 0.29) is 24.7 Å². The summed E-state index contributed by atoms with van der Waals surface area (Å²) in [4.78, 5) is 51.1. The Bertz CT molecular complexity index is 757. The zero-order valence-electron chi connectivity index (χ0n) is 17.7. The van der Waals surface area contributed by atoms with Crippen molar-refractivity contribution in [3.05, 3.63) is 24.3 Å². The van der Waals surface area contributed by atoms with Gasteiger partial charge in [0, 0.05) is 45.2 Å². The van der Waals surface area contributed by atoms with Gasteiger partial charge < -0.3 is 24.6 Å². The number of benzene rings is 1. The number of esters is 1. The Labute approximate surface area is 176 Å². The summed E-state index contributed by atoms with van der Waals surface area (Å²) < 4.78 is 10.5. The predicted molar refractivity (Wildman–Crippen MR) is 110 cm³/mol. The average Bonchev–Trinajstić information content (AvgIpc) is 2.73. The van der Waals surface area contributed by atoms with E-state index in [1.54, 1.807) is 34.1 Å². The lowest BCUT2D eigenvalue weighted by Gasteiger charge is -2.34. The van der Waals surface area contributed by atoms with Crippen LogP contribution in [-0.2, 0) is 23.9 Å². The highest BCUT2D eigenvalue weighted by Crippen LogP contribution is 2.16. The second-order valence-electron chi connectivity index (χ2n) is 6.97. The van der Waals surface area contributed by atoms with E-state index in [2.05, 4.69) is 5.32 Å². The van der Waals surface area contributed by atoms with Crippen LogP contribution in [0.25, 0.3) is 0 Å². The molecule has 1 saturated heterocycles. The van der Waals surface area contributed by atoms with E-state index in [4.69, 9.17) is 9.47 Å². The molecule has 30 heavy (non-hydrogen) atoms. The molecular weight excluding hydrogens is 390 g/mol. The summed E-state index contributed by atoms with van der Waals surface area (Å²) in [5.74, 6) is -0.550. The molecule has 0 spiro atoms. The quantitative estimate of drug-likeness (QED) is 0.639. The van der Waals surface area contributed by atoms with Crippen molar-refractivity contribution in [2.45, 2.75) is 39.7 Å². The zero-order chi connectivity index (χ0) is 22.1. The number of rotatable bonds is 8. The van der Waals surface area contributed by atoms with E-state index in [0.717, 1.165) is 0 Å². The molecule has 1 atom stereocenters. The minimum absolute atomic E-state index is 0.00609. The van der Waals surface area contributed by atoms with Crippen molar-refractivity contribution in [1.29, 1.82) is 0 Å². The number of piperazine rings is 1. The van der Waals surface area contributed by atoms with E-state index in [1.165, 1.54) is 13.8 Å². The monoisotopic (exact) mass is 419 g/mol. The van der Waals surface area contributed by atoms with Gasteiger partial charge in [-0.05, 0) is 38.1 Å². The summed E-state index contributed by atoms with van der Waals surface area (Å²) in [7, 11) is 0. The predicted octanol–water partition coefficient (Wildman–Crippen LogP) is 1.43. The van der Waals surface area contributed by atoms with Gasteiger partial charge >= 0.3 is 5.97 Å². The maximum absolute atomic E-state index is 12.2. The minimum Gasteiger partial charge on any atom is -0.494 e. The number of ether oxygens (including phenoxy) is 2. The molecule has 0 aliphatic carbocycles. The van der Waals surface area contributed by atoms with Gasteiger partial charge in [-0.15, -0.1) is 0 Å². The number of hydrogen-bond donors (Lipinski definition) is 1. The van der Waals surface area contributed by atoms with Gasteiger partial charge in [0.05, 0.1) is 13.0 Å². The van der Waals surface area contributed by atoms with Crippen LogP contribution in [0.3, 0.4) is 0 Å². The highest BCUT2D eigenvalue weighted by atomic mass is 16.5. The number of anilines is 1. The second kappa shape index (κ2) is 11.2. The lowest BCUT2D eigenvalue weighted by atomic mass is 10.2. The lowest BCUT2D eigenvalue weighted by Crippen LogP contribution is -2.50. The summed E-state index contributed by atoms with van der Waals surface area (Å²) in [6, 6.07) is 6.86. The standard InChI is InChI=1S/C21H29N3O6/c1-4-29-18-7-5-17(6-8-18)22-21(28)15(2)30-20(27)10-9-19(26)24-13-11-23(12-14-24)16(3)25/h5-8,15H,4,9-14H2,1-3H3,(H,22,28)/t15-/m1/s1. The average molecular weight is 419 g/mol. The molecule has 1 N–H and O–H groups in total. The number of carbonyl (C=O) groups excluding carboxylic acids is 4. The maximum Gasteiger partial charge on any atom is 0.307 e. The summed E-state index contributed by atoms with van der Waals surface area (Å²) in [6.07, 6.45) is -1.09. The topological polar surface area (TPSA) is 105 Å². The van der Waals surface area contributed by atoms with Crippen LogP contribution in [0.1, 0.15) is 33.6 Å². The number of nitrogens with one attached hydrogen (secondary N) is 1. The SMILES string of the molecule is CCOc1ccc(NC(=O)[C@@H](C)OC(=O)CCC(=O)N2CCN(C(C)=O)CC2)cc1. The molecule has 0 aromatic heterocycles. The first-order chi connectivity index (χ1) is 14.3. The van der Waals surface area contributed by atoms with Gasteiger partial charge in [-0.3, -0.25) is 19.2 Å². The van der Waals surface area contributed by atoms with E-state index in [9.17, 15) is 19.2 Å². The maximum atomic E-state index is 12.2. The van der Waals surface area contributed by atoms with Gasteiger partial charge in [-0.2, -0.15) is 0 Å². The summed E-state index contributed by atoms with van der Waals surface area (Å²) >= 11 is 0. The van der Waals surface area contributed by atoms with E-state index in [1.807, 2.05) is 6.92 Å². The lowest BCUT2D eigenvalue weighted by molar-refractivity contribution is -0.154. The van der Waals surface area contributed by atoms with Gasteiger partial charge in [-0.25, -0.2) is 0 Å². The summed E-state index contributed by atoms with van der Waals surface area (Å²) in [5, 5.41) is 2.67. The molecule has 1 aromatic rings. The molecule has 9 nitrogen and oxygen atoms in total. The summed E-state index contributed by atoms with van der Waals surface area (Å²) in [6.45, 7) is 7.31. The third-order valence-corrected chi connectivity index (χ3v) is 4.73. The van der Waals surface area contributed by atoms with Crippen LogP contribution >= 0.6 is 0 Å². The van der Waals surface area contributed by atoms with Crippen LogP contribution < -0.4 is 10.1 Å². The molecule has 164 valence electrons. The van der Waals surface area contributed by atoms with Crippen LogP contribution in [0.5, 0.6) is 5.75 Å². The Kier molecular flexibility index (Phi) is 8.64. The zero-order valence-corrected chi connectivity index (χ0v) is 17.7. The van der Waals surface area contributed by atoms with Gasteiger partial charge in [0.1, 0.15) is 5.75 Å². The number of carbonyl (C=O) groups is 4. The highest BCUT2D eigenvalue weighted by Gasteiger charge is 2.24. The number of hydrogen-bond acceptors (Lipinski definition) is 6. The van der Waals surface area contributed by atoms with Crippen molar-refractivity contribution < 1.29 is 28.7 Å². The van der Waals surface area contributed by atoms with Gasteiger partial charge in [0.15, 0.2) is 6.10 Å². The molecule has 0 radical (unpaired) electrons. The molecule has 0 saturated carbocycles. The summed E-state index contributed by atoms with van der Waals surface area (Å²) in [5.41, 5.74) is 0.561. The molecule has 1 aromatic carbocycles. The fraction of sp³-hybridized carbons (Fsp3) is 0.524. The minimum atomic E-state index is -0.988. The van der Waals surface area contributed by atoms with E-state index in [0.29, 0.717) is 44.2 Å². The normalized spacial score (nSPS) is 14.6. The third-order valence-electron chi connectivity index (χ3n) is 4.73. The van der Waals surface area contributed by atoms with Crippen LogP contribution in [0.15, 0.2) is 24.3 Å². The molecule has 0 bridgehead atoms. The first-order valence-corrected chi connectivity index (χ1v) is 10.1. The van der Waals surface area contributed by atoms with Crippen LogP contribution in [0.2, 0.25) is 0 Å². The Morgan fingerprint density at radius 1 is 1.00 bits per heavy atom. The molecule has 0 unspecified atom stereocenters. The molecule has 3 amide bonds. The smallest absolute Gasteiger partial charge is 0.307 e. The second-order valence-corrected chi connectivity index (χ2v) is 6.97. The number of amides is 3. The van der Waals surface area contributed by atoms with Crippen molar-refractivity contribution >= 4 is 29.4 Å². The number of nitrogens with zero attached hydrogens (tertiary/aromatic N) is 2. The van der Waals surface area contributed by atoms with Crippen molar-refractivity contribution in [3.63, 3.8) is 0 Å². The van der Waals surface area contributed by atoms with Gasteiger partial charge in [0.2, 0.25) is 11.8 Å². The van der Waals surface area contributed by atoms with Crippen LogP contribution in [0.4, 0.5) is 5.69 Å². The first kappa shape index (κ1) is 23.2. The Hall–Kier alpha value is -3.10. The largest absolute Gasteiger partial charge is 0.494 e. The highest BCUT2D eigenvalue weighted by molar-refractivity contribution is 5.95. The molecule has 1 aliphatic heterocycles. The Balaban J connectivity index is 1.71. The van der Waals surface area contributed by atoms with Crippen molar-refractivity contribution in [3.8, 4) is 5.75 Å². The molecule has 1 heterocycles. The van der Waals surface area contributed by atoms with Crippen molar-refractivity contribution in [1.82, 2.24) is 9.80 Å².